The number of benzene rings is 1. The van der Waals surface area contributed by atoms with Crippen LogP contribution in [0.2, 0.25) is 0 Å². The van der Waals surface area contributed by atoms with Crippen molar-refractivity contribution in [3.05, 3.63) is 41.1 Å². The van der Waals surface area contributed by atoms with Crippen LogP contribution in [0.25, 0.3) is 0 Å². The fraction of sp³-hybridized carbons (Fsp3) is 0.524. The summed E-state index contributed by atoms with van der Waals surface area (Å²) in [6, 6.07) is 7.39. The first-order valence-electron chi connectivity index (χ1n) is 9.96. The van der Waals surface area contributed by atoms with Crippen LogP contribution in [0, 0.1) is 0 Å². The smallest absolute Gasteiger partial charge is 0.338 e. The number of urea groups is 1. The number of nitrogens with one attached hydrogen (secondary N) is 2. The zero-order valence-corrected chi connectivity index (χ0v) is 16.2. The third kappa shape index (κ3) is 4.43. The lowest BCUT2D eigenvalue weighted by Crippen LogP contribution is -2.46. The van der Waals surface area contributed by atoms with Crippen LogP contribution in [-0.2, 0) is 9.53 Å². The van der Waals surface area contributed by atoms with Crippen LogP contribution in [0.4, 0.5) is 10.5 Å². The Balaban J connectivity index is 1.90. The quantitative estimate of drug-likeness (QED) is 0.749. The molecule has 146 valence electrons. The van der Waals surface area contributed by atoms with Crippen LogP contribution in [-0.4, -0.2) is 31.7 Å². The highest BCUT2D eigenvalue weighted by Crippen LogP contribution is 2.31. The van der Waals surface area contributed by atoms with Crippen molar-refractivity contribution in [2.75, 3.05) is 24.6 Å². The maximum atomic E-state index is 12.6. The zero-order chi connectivity index (χ0) is 19.2. The van der Waals surface area contributed by atoms with E-state index < -0.39 is 6.04 Å². The number of carbonyl (C=O) groups is 2. The number of amides is 2. The van der Waals surface area contributed by atoms with Gasteiger partial charge >= 0.3 is 12.0 Å². The van der Waals surface area contributed by atoms with Crippen molar-refractivity contribution in [3.63, 3.8) is 0 Å². The Bertz CT molecular complexity index is 706. The van der Waals surface area contributed by atoms with Crippen LogP contribution in [0.15, 0.2) is 35.5 Å². The minimum atomic E-state index is -0.491. The lowest BCUT2D eigenvalue weighted by molar-refractivity contribution is -0.139. The van der Waals surface area contributed by atoms with Gasteiger partial charge in [0.2, 0.25) is 0 Å². The van der Waals surface area contributed by atoms with Gasteiger partial charge in [-0.3, -0.25) is 0 Å². The number of rotatable bonds is 6. The highest BCUT2D eigenvalue weighted by atomic mass is 16.5. The third-order valence-corrected chi connectivity index (χ3v) is 5.10. The second kappa shape index (κ2) is 8.93. The summed E-state index contributed by atoms with van der Waals surface area (Å²) in [5.41, 5.74) is 3.24. The van der Waals surface area contributed by atoms with E-state index in [4.69, 9.17) is 4.74 Å². The van der Waals surface area contributed by atoms with E-state index >= 15 is 0 Å². The number of anilines is 1. The number of allylic oxidation sites excluding steroid dienone is 1. The molecule has 2 N–H and O–H groups in total. The van der Waals surface area contributed by atoms with Crippen molar-refractivity contribution in [1.29, 1.82) is 0 Å². The molecule has 0 saturated carbocycles. The monoisotopic (exact) mass is 371 g/mol. The molecule has 1 atom stereocenters. The van der Waals surface area contributed by atoms with Gasteiger partial charge in [-0.1, -0.05) is 25.5 Å². The van der Waals surface area contributed by atoms with Crippen LogP contribution in [0.1, 0.15) is 57.6 Å². The number of ether oxygens (including phenoxy) is 1. The van der Waals surface area contributed by atoms with Gasteiger partial charge in [0.1, 0.15) is 0 Å². The molecule has 1 aromatic carbocycles. The van der Waals surface area contributed by atoms with Gasteiger partial charge in [-0.05, 0) is 50.3 Å². The van der Waals surface area contributed by atoms with Crippen molar-refractivity contribution in [1.82, 2.24) is 10.6 Å². The summed E-state index contributed by atoms with van der Waals surface area (Å²) in [4.78, 5) is 27.2. The number of piperidine rings is 1. The molecule has 0 spiro atoms. The number of hydrogen-bond acceptors (Lipinski definition) is 4. The van der Waals surface area contributed by atoms with Gasteiger partial charge in [0.15, 0.2) is 0 Å². The molecule has 1 unspecified atom stereocenters. The van der Waals surface area contributed by atoms with Crippen molar-refractivity contribution in [2.24, 2.45) is 0 Å². The Labute approximate surface area is 161 Å². The molecule has 1 saturated heterocycles. The van der Waals surface area contributed by atoms with Crippen molar-refractivity contribution in [2.45, 2.75) is 52.0 Å². The highest BCUT2D eigenvalue weighted by molar-refractivity contribution is 5.95. The topological polar surface area (TPSA) is 70.7 Å². The summed E-state index contributed by atoms with van der Waals surface area (Å²) in [5.74, 6) is -0.376. The number of carbonyl (C=O) groups excluding carboxylic acids is 2. The largest absolute Gasteiger partial charge is 0.463 e. The molecule has 2 aliphatic heterocycles. The molecule has 2 amide bonds. The van der Waals surface area contributed by atoms with Crippen molar-refractivity contribution in [3.8, 4) is 0 Å². The summed E-state index contributed by atoms with van der Waals surface area (Å²) in [5, 5.41) is 5.68. The zero-order valence-electron chi connectivity index (χ0n) is 16.2. The molecule has 1 aromatic rings. The summed E-state index contributed by atoms with van der Waals surface area (Å²) < 4.78 is 5.27. The van der Waals surface area contributed by atoms with Gasteiger partial charge in [-0.2, -0.15) is 0 Å². The molecule has 2 heterocycles. The van der Waals surface area contributed by atoms with E-state index in [0.29, 0.717) is 24.3 Å². The van der Waals surface area contributed by atoms with Gasteiger partial charge < -0.3 is 20.3 Å². The lowest BCUT2D eigenvalue weighted by Gasteiger charge is -2.31. The van der Waals surface area contributed by atoms with Crippen LogP contribution < -0.4 is 15.5 Å². The first-order chi connectivity index (χ1) is 13.1. The molecule has 3 rings (SSSR count). The predicted octanol–water partition coefficient (Wildman–Crippen LogP) is 3.65. The minimum Gasteiger partial charge on any atom is -0.463 e. The molecule has 1 fully saturated rings. The minimum absolute atomic E-state index is 0.281. The molecule has 6 nitrogen and oxygen atoms in total. The van der Waals surface area contributed by atoms with Gasteiger partial charge in [-0.15, -0.1) is 0 Å². The second-order valence-electron chi connectivity index (χ2n) is 7.03. The Morgan fingerprint density at radius 3 is 2.48 bits per heavy atom. The number of nitrogens with zero attached hydrogens (tertiary/aromatic N) is 1. The fourth-order valence-electron chi connectivity index (χ4n) is 3.79. The second-order valence-corrected chi connectivity index (χ2v) is 7.03. The molecule has 0 bridgehead atoms. The molecule has 6 heteroatoms. The van der Waals surface area contributed by atoms with Gasteiger partial charge in [0.05, 0.1) is 18.2 Å². The van der Waals surface area contributed by atoms with Crippen LogP contribution in [0.5, 0.6) is 0 Å². The average molecular weight is 371 g/mol. The van der Waals surface area contributed by atoms with E-state index in [0.717, 1.165) is 25.1 Å². The summed E-state index contributed by atoms with van der Waals surface area (Å²) in [6.45, 7) is 6.27. The normalized spacial score (nSPS) is 20.1. The van der Waals surface area contributed by atoms with E-state index in [-0.39, 0.29) is 12.0 Å². The standard InChI is InChI=1S/C21H29N3O3/c1-3-8-17-18(20(25)27-4-2)19(23-21(26)22-17)15-9-11-16(12-10-15)24-13-6-5-7-14-24/h9-12,19H,3-8,13-14H2,1-2H3,(H2,22,23,26). The fourth-order valence-corrected chi connectivity index (χ4v) is 3.79. The summed E-state index contributed by atoms with van der Waals surface area (Å²) in [6.07, 6.45) is 5.21. The molecule has 2 aliphatic rings. The molecule has 0 aliphatic carbocycles. The molecule has 0 aromatic heterocycles. The maximum absolute atomic E-state index is 12.6. The molecule has 27 heavy (non-hydrogen) atoms. The predicted molar refractivity (Wildman–Crippen MR) is 105 cm³/mol. The lowest BCUT2D eigenvalue weighted by atomic mass is 9.93. The highest BCUT2D eigenvalue weighted by Gasteiger charge is 2.33. The maximum Gasteiger partial charge on any atom is 0.338 e. The number of hydrogen-bond donors (Lipinski definition) is 2. The third-order valence-electron chi connectivity index (χ3n) is 5.10. The average Bonchev–Trinajstić information content (AvgIpc) is 2.69. The Hall–Kier alpha value is -2.50. The van der Waals surface area contributed by atoms with Crippen molar-refractivity contribution < 1.29 is 14.3 Å². The SMILES string of the molecule is CCCC1=C(C(=O)OCC)C(c2ccc(N3CCCCC3)cc2)NC(=O)N1. The summed E-state index contributed by atoms with van der Waals surface area (Å²) >= 11 is 0. The van der Waals surface area contributed by atoms with Gasteiger partial charge in [0.25, 0.3) is 0 Å². The van der Waals surface area contributed by atoms with E-state index in [1.807, 2.05) is 19.1 Å². The van der Waals surface area contributed by atoms with Crippen LogP contribution >= 0.6 is 0 Å². The number of esters is 1. The molecular weight excluding hydrogens is 342 g/mol. The van der Waals surface area contributed by atoms with E-state index in [9.17, 15) is 9.59 Å². The van der Waals surface area contributed by atoms with Crippen molar-refractivity contribution >= 4 is 17.7 Å². The first kappa shape index (κ1) is 19.3. The Morgan fingerprint density at radius 2 is 1.85 bits per heavy atom. The summed E-state index contributed by atoms with van der Waals surface area (Å²) in [7, 11) is 0. The molecular formula is C21H29N3O3. The Kier molecular flexibility index (Phi) is 6.37. The van der Waals surface area contributed by atoms with Gasteiger partial charge in [-0.25, -0.2) is 9.59 Å². The van der Waals surface area contributed by atoms with Crippen LogP contribution in [0.3, 0.4) is 0 Å². The van der Waals surface area contributed by atoms with Gasteiger partial charge in [0, 0.05) is 24.5 Å². The van der Waals surface area contributed by atoms with E-state index in [1.165, 1.54) is 24.9 Å². The Morgan fingerprint density at radius 1 is 1.15 bits per heavy atom. The van der Waals surface area contributed by atoms with E-state index in [2.05, 4.69) is 27.7 Å². The molecule has 0 radical (unpaired) electrons. The van der Waals surface area contributed by atoms with E-state index in [1.54, 1.807) is 6.92 Å². The first-order valence-corrected chi connectivity index (χ1v) is 9.96.